The van der Waals surface area contributed by atoms with Gasteiger partial charge in [0, 0.05) is 38.4 Å². The molecule has 0 aliphatic carbocycles. The summed E-state index contributed by atoms with van der Waals surface area (Å²) in [4.78, 5) is 16.8. The number of aromatic nitrogens is 3. The van der Waals surface area contributed by atoms with Crippen molar-refractivity contribution in [2.24, 2.45) is 0 Å². The largest absolute Gasteiger partial charge is 0.353 e. The number of hydrogen-bond donors (Lipinski definition) is 1. The van der Waals surface area contributed by atoms with Crippen LogP contribution >= 0.6 is 0 Å². The van der Waals surface area contributed by atoms with E-state index in [0.29, 0.717) is 11.5 Å². The Labute approximate surface area is 135 Å². The zero-order valence-corrected chi connectivity index (χ0v) is 14.0. The Balaban J connectivity index is 1.50. The van der Waals surface area contributed by atoms with E-state index in [1.54, 1.807) is 0 Å². The minimum Gasteiger partial charge on any atom is -0.353 e. The summed E-state index contributed by atoms with van der Waals surface area (Å²) in [6.45, 7) is 5.41. The van der Waals surface area contributed by atoms with Crippen LogP contribution in [-0.2, 0) is 9.84 Å². The van der Waals surface area contributed by atoms with Gasteiger partial charge >= 0.3 is 0 Å². The molecule has 0 aromatic carbocycles. The van der Waals surface area contributed by atoms with E-state index in [1.807, 2.05) is 19.2 Å². The summed E-state index contributed by atoms with van der Waals surface area (Å²) in [6.07, 6.45) is 2.67. The Kier molecular flexibility index (Phi) is 3.53. The summed E-state index contributed by atoms with van der Waals surface area (Å²) in [7, 11) is -2.82. The Hall–Kier alpha value is -1.67. The van der Waals surface area contributed by atoms with Crippen LogP contribution in [0.25, 0.3) is 11.0 Å². The van der Waals surface area contributed by atoms with Crippen molar-refractivity contribution in [1.82, 2.24) is 19.9 Å². The molecule has 2 aliphatic rings. The quantitative estimate of drug-likeness (QED) is 0.864. The SMILES string of the molecule is Cc1nc(N2CCN(C3CCS(=O)(=O)C3)CC2)c2cc[nH]c2n1. The molecule has 124 valence electrons. The highest BCUT2D eigenvalue weighted by molar-refractivity contribution is 7.91. The molecule has 2 fully saturated rings. The van der Waals surface area contributed by atoms with E-state index in [2.05, 4.69) is 24.8 Å². The standard InChI is InChI=1S/C15H21N5O2S/c1-11-17-14-13(2-4-16-14)15(18-11)20-7-5-19(6-8-20)12-3-9-23(21,22)10-12/h2,4,12H,3,5-10H2,1H3,(H,16,17,18). The van der Waals surface area contributed by atoms with E-state index in [-0.39, 0.29) is 6.04 Å². The van der Waals surface area contributed by atoms with Gasteiger partial charge in [0.15, 0.2) is 9.84 Å². The van der Waals surface area contributed by atoms with Crippen LogP contribution in [-0.4, -0.2) is 72.0 Å². The van der Waals surface area contributed by atoms with E-state index in [9.17, 15) is 8.42 Å². The zero-order chi connectivity index (χ0) is 16.0. The first-order chi connectivity index (χ1) is 11.0. The van der Waals surface area contributed by atoms with Crippen molar-refractivity contribution in [2.45, 2.75) is 19.4 Å². The minimum atomic E-state index is -2.82. The van der Waals surface area contributed by atoms with Crippen molar-refractivity contribution in [3.63, 3.8) is 0 Å². The normalized spacial score (nSPS) is 25.3. The monoisotopic (exact) mass is 335 g/mol. The maximum Gasteiger partial charge on any atom is 0.151 e. The van der Waals surface area contributed by atoms with E-state index >= 15 is 0 Å². The first kappa shape index (κ1) is 14.9. The van der Waals surface area contributed by atoms with E-state index in [0.717, 1.165) is 55.3 Å². The van der Waals surface area contributed by atoms with Gasteiger partial charge in [-0.2, -0.15) is 0 Å². The van der Waals surface area contributed by atoms with Crippen LogP contribution in [0.1, 0.15) is 12.2 Å². The van der Waals surface area contributed by atoms with Gasteiger partial charge in [-0.1, -0.05) is 0 Å². The van der Waals surface area contributed by atoms with Crippen LogP contribution in [0.2, 0.25) is 0 Å². The van der Waals surface area contributed by atoms with Crippen LogP contribution in [0.5, 0.6) is 0 Å². The summed E-state index contributed by atoms with van der Waals surface area (Å²) in [6, 6.07) is 2.21. The number of H-pyrrole nitrogens is 1. The van der Waals surface area contributed by atoms with Gasteiger partial charge in [-0.25, -0.2) is 18.4 Å². The van der Waals surface area contributed by atoms with Gasteiger partial charge in [0.25, 0.3) is 0 Å². The van der Waals surface area contributed by atoms with Gasteiger partial charge in [0.2, 0.25) is 0 Å². The summed E-state index contributed by atoms with van der Waals surface area (Å²) in [5, 5.41) is 1.05. The highest BCUT2D eigenvalue weighted by Gasteiger charge is 2.34. The molecule has 4 heterocycles. The summed E-state index contributed by atoms with van der Waals surface area (Å²) >= 11 is 0. The number of aryl methyl sites for hydroxylation is 1. The number of aromatic amines is 1. The van der Waals surface area contributed by atoms with Crippen LogP contribution in [0.4, 0.5) is 5.82 Å². The van der Waals surface area contributed by atoms with Gasteiger partial charge in [0.1, 0.15) is 17.3 Å². The highest BCUT2D eigenvalue weighted by Crippen LogP contribution is 2.26. The molecular weight excluding hydrogens is 314 g/mol. The molecule has 0 radical (unpaired) electrons. The van der Waals surface area contributed by atoms with Crippen molar-refractivity contribution in [3.05, 3.63) is 18.1 Å². The number of rotatable bonds is 2. The maximum absolute atomic E-state index is 11.7. The average molecular weight is 335 g/mol. The summed E-state index contributed by atoms with van der Waals surface area (Å²) in [5.41, 5.74) is 0.872. The molecule has 1 atom stereocenters. The second-order valence-corrected chi connectivity index (χ2v) is 8.64. The number of anilines is 1. The van der Waals surface area contributed by atoms with Crippen molar-refractivity contribution in [3.8, 4) is 0 Å². The molecule has 2 aromatic rings. The molecule has 8 heteroatoms. The number of fused-ring (bicyclic) bond motifs is 1. The molecule has 1 N–H and O–H groups in total. The van der Waals surface area contributed by atoms with Crippen molar-refractivity contribution in [1.29, 1.82) is 0 Å². The summed E-state index contributed by atoms with van der Waals surface area (Å²) < 4.78 is 23.3. The second-order valence-electron chi connectivity index (χ2n) is 6.41. The lowest BCUT2D eigenvalue weighted by molar-refractivity contribution is 0.200. The molecule has 7 nitrogen and oxygen atoms in total. The van der Waals surface area contributed by atoms with Gasteiger partial charge in [-0.15, -0.1) is 0 Å². The number of sulfone groups is 1. The zero-order valence-electron chi connectivity index (χ0n) is 13.2. The van der Waals surface area contributed by atoms with Crippen molar-refractivity contribution >= 4 is 26.7 Å². The lowest BCUT2D eigenvalue weighted by Crippen LogP contribution is -2.51. The van der Waals surface area contributed by atoms with Crippen LogP contribution in [0.15, 0.2) is 12.3 Å². The molecule has 1 unspecified atom stereocenters. The molecular formula is C15H21N5O2S. The molecule has 0 bridgehead atoms. The summed E-state index contributed by atoms with van der Waals surface area (Å²) in [5.74, 6) is 2.40. The van der Waals surface area contributed by atoms with Crippen LogP contribution in [0.3, 0.4) is 0 Å². The number of piperazine rings is 1. The molecule has 2 saturated heterocycles. The average Bonchev–Trinajstić information content (AvgIpc) is 3.12. The van der Waals surface area contributed by atoms with Crippen molar-refractivity contribution in [2.75, 3.05) is 42.6 Å². The molecule has 0 amide bonds. The third kappa shape index (κ3) is 2.81. The lowest BCUT2D eigenvalue weighted by atomic mass is 10.2. The third-order valence-corrected chi connectivity index (χ3v) is 6.60. The smallest absolute Gasteiger partial charge is 0.151 e. The van der Waals surface area contributed by atoms with E-state index < -0.39 is 9.84 Å². The number of nitrogens with one attached hydrogen (secondary N) is 1. The predicted octanol–water partition coefficient (Wildman–Crippen LogP) is 0.575. The van der Waals surface area contributed by atoms with Gasteiger partial charge in [0.05, 0.1) is 16.9 Å². The predicted molar refractivity (Wildman–Crippen MR) is 89.5 cm³/mol. The lowest BCUT2D eigenvalue weighted by Gasteiger charge is -2.38. The fourth-order valence-corrected chi connectivity index (χ4v) is 5.40. The Morgan fingerprint density at radius 2 is 2.00 bits per heavy atom. The van der Waals surface area contributed by atoms with Crippen LogP contribution in [0, 0.1) is 6.92 Å². The molecule has 4 rings (SSSR count). The van der Waals surface area contributed by atoms with E-state index in [4.69, 9.17) is 0 Å². The van der Waals surface area contributed by atoms with Gasteiger partial charge in [-0.3, -0.25) is 4.90 Å². The van der Waals surface area contributed by atoms with E-state index in [1.165, 1.54) is 0 Å². The second kappa shape index (κ2) is 5.45. The fraction of sp³-hybridized carbons (Fsp3) is 0.600. The maximum atomic E-state index is 11.7. The molecule has 2 aliphatic heterocycles. The number of nitrogens with zero attached hydrogens (tertiary/aromatic N) is 4. The number of hydrogen-bond acceptors (Lipinski definition) is 6. The third-order valence-electron chi connectivity index (χ3n) is 4.85. The van der Waals surface area contributed by atoms with Crippen molar-refractivity contribution < 1.29 is 8.42 Å². The topological polar surface area (TPSA) is 82.2 Å². The Morgan fingerprint density at radius 3 is 2.70 bits per heavy atom. The van der Waals surface area contributed by atoms with Gasteiger partial charge < -0.3 is 9.88 Å². The Morgan fingerprint density at radius 1 is 1.22 bits per heavy atom. The molecule has 23 heavy (non-hydrogen) atoms. The molecule has 2 aromatic heterocycles. The molecule has 0 spiro atoms. The Bertz CT molecular complexity index is 824. The first-order valence-electron chi connectivity index (χ1n) is 8.03. The highest BCUT2D eigenvalue weighted by atomic mass is 32.2. The van der Waals surface area contributed by atoms with Gasteiger partial charge in [-0.05, 0) is 19.4 Å². The van der Waals surface area contributed by atoms with Crippen LogP contribution < -0.4 is 4.90 Å². The molecule has 0 saturated carbocycles. The fourth-order valence-electron chi connectivity index (χ4n) is 3.64. The minimum absolute atomic E-state index is 0.196. The first-order valence-corrected chi connectivity index (χ1v) is 9.85.